The molecule has 312 valence electrons. The fourth-order valence-electron chi connectivity index (χ4n) is 6.08. The van der Waals surface area contributed by atoms with E-state index in [1.54, 1.807) is 0 Å². The number of hydrogen-bond donors (Lipinski definition) is 2. The summed E-state index contributed by atoms with van der Waals surface area (Å²) in [6.07, 6.45) is 42.0. The average molecular weight is 772 g/mol. The normalized spacial score (nSPS) is 13.5. The van der Waals surface area contributed by atoms with Gasteiger partial charge in [-0.2, -0.15) is 0 Å². The summed E-state index contributed by atoms with van der Waals surface area (Å²) < 4.78 is 32.8. The highest BCUT2D eigenvalue weighted by Gasteiger charge is 2.26. The number of allylic oxidation sites excluding steroid dienone is 4. The van der Waals surface area contributed by atoms with E-state index in [2.05, 4.69) is 38.2 Å². The van der Waals surface area contributed by atoms with Gasteiger partial charge in [0.1, 0.15) is 6.61 Å². The molecular weight excluding hydrogens is 689 g/mol. The Kier molecular flexibility index (Phi) is 39.0. The Bertz CT molecular complexity index is 928. The van der Waals surface area contributed by atoms with Crippen LogP contribution in [0.1, 0.15) is 206 Å². The molecule has 0 rings (SSSR count). The molecule has 0 spiro atoms. The van der Waals surface area contributed by atoms with Gasteiger partial charge in [-0.05, 0) is 44.9 Å². The minimum absolute atomic E-state index is 0.0535. The van der Waals surface area contributed by atoms with Crippen LogP contribution in [0.25, 0.3) is 0 Å². The zero-order valence-electron chi connectivity index (χ0n) is 34.3. The maximum atomic E-state index is 12.6. The van der Waals surface area contributed by atoms with Crippen LogP contribution in [-0.4, -0.2) is 49.3 Å². The molecule has 0 aromatic rings. The van der Waals surface area contributed by atoms with Crippen LogP contribution in [0.2, 0.25) is 0 Å². The number of hydrogen-bond acceptors (Lipinski definition) is 8. The van der Waals surface area contributed by atoms with E-state index in [4.69, 9.17) is 24.3 Å². The second-order valence-corrected chi connectivity index (χ2v) is 16.0. The van der Waals surface area contributed by atoms with Crippen molar-refractivity contribution in [1.29, 1.82) is 0 Å². The third-order valence-corrected chi connectivity index (χ3v) is 10.3. The van der Waals surface area contributed by atoms with Crippen molar-refractivity contribution in [1.82, 2.24) is 0 Å². The van der Waals surface area contributed by atoms with E-state index >= 15 is 0 Å². The van der Waals surface area contributed by atoms with E-state index in [0.717, 1.165) is 51.4 Å². The molecule has 0 saturated heterocycles. The average Bonchev–Trinajstić information content (AvgIpc) is 3.14. The van der Waals surface area contributed by atoms with E-state index in [9.17, 15) is 19.0 Å². The van der Waals surface area contributed by atoms with Gasteiger partial charge < -0.3 is 20.1 Å². The van der Waals surface area contributed by atoms with Crippen molar-refractivity contribution in [3.8, 4) is 0 Å². The Labute approximate surface area is 325 Å². The number of rotatable bonds is 41. The van der Waals surface area contributed by atoms with Gasteiger partial charge in [0, 0.05) is 19.4 Å². The smallest absolute Gasteiger partial charge is 0.462 e. The zero-order valence-corrected chi connectivity index (χ0v) is 35.2. The Morgan fingerprint density at radius 2 is 0.981 bits per heavy atom. The minimum atomic E-state index is -4.37. The first-order chi connectivity index (χ1) is 25.8. The van der Waals surface area contributed by atoms with Gasteiger partial charge in [-0.1, -0.05) is 173 Å². The Morgan fingerprint density at radius 3 is 1.47 bits per heavy atom. The summed E-state index contributed by atoms with van der Waals surface area (Å²) in [6, 6.07) is 0. The van der Waals surface area contributed by atoms with Gasteiger partial charge in [-0.25, -0.2) is 4.57 Å². The van der Waals surface area contributed by atoms with Gasteiger partial charge in [-0.15, -0.1) is 0 Å². The SMILES string of the molecule is CCCCC/C=C\C/C=C\CCCCCCCCCC(=O)O[C@H](COC(=O)CCCCCCCCCCCCCCCCC)COP(=O)(O)OCCN. The predicted octanol–water partition coefficient (Wildman–Crippen LogP) is 12.4. The molecule has 0 aliphatic carbocycles. The Hall–Kier alpha value is -1.51. The van der Waals surface area contributed by atoms with E-state index in [0.29, 0.717) is 6.42 Å². The van der Waals surface area contributed by atoms with Crippen LogP contribution >= 0.6 is 7.82 Å². The Morgan fingerprint density at radius 1 is 0.566 bits per heavy atom. The molecule has 0 fully saturated rings. The van der Waals surface area contributed by atoms with Crippen LogP contribution in [0.4, 0.5) is 0 Å². The number of unbranched alkanes of at least 4 members (excludes halogenated alkanes) is 24. The van der Waals surface area contributed by atoms with Gasteiger partial charge in [0.2, 0.25) is 0 Å². The van der Waals surface area contributed by atoms with Gasteiger partial charge in [0.25, 0.3) is 0 Å². The van der Waals surface area contributed by atoms with Crippen molar-refractivity contribution in [3.05, 3.63) is 24.3 Å². The topological polar surface area (TPSA) is 134 Å². The number of carbonyl (C=O) groups excluding carboxylic acids is 2. The second-order valence-electron chi connectivity index (χ2n) is 14.6. The summed E-state index contributed by atoms with van der Waals surface area (Å²) in [5, 5.41) is 0. The molecule has 0 aromatic heterocycles. The maximum absolute atomic E-state index is 12.6. The first-order valence-corrected chi connectivity index (χ1v) is 23.3. The molecule has 9 nitrogen and oxygen atoms in total. The molecule has 10 heteroatoms. The van der Waals surface area contributed by atoms with Crippen LogP contribution in [0.3, 0.4) is 0 Å². The molecule has 1 unspecified atom stereocenters. The first kappa shape index (κ1) is 51.5. The third kappa shape index (κ3) is 40.0. The van der Waals surface area contributed by atoms with Crippen molar-refractivity contribution in [2.75, 3.05) is 26.4 Å². The summed E-state index contributed by atoms with van der Waals surface area (Å²) in [7, 11) is -4.37. The van der Waals surface area contributed by atoms with Crippen molar-refractivity contribution < 1.29 is 37.6 Å². The molecule has 0 aliphatic rings. The van der Waals surface area contributed by atoms with Crippen LogP contribution in [0.15, 0.2) is 24.3 Å². The molecular formula is C43H82NO8P. The monoisotopic (exact) mass is 772 g/mol. The van der Waals surface area contributed by atoms with Crippen LogP contribution in [0.5, 0.6) is 0 Å². The van der Waals surface area contributed by atoms with Gasteiger partial charge in [0.05, 0.1) is 13.2 Å². The number of phosphoric ester groups is 1. The Balaban J connectivity index is 4.14. The quantitative estimate of drug-likeness (QED) is 0.0269. The lowest BCUT2D eigenvalue weighted by atomic mass is 10.0. The fraction of sp³-hybridized carbons (Fsp3) is 0.860. The number of carbonyl (C=O) groups is 2. The van der Waals surface area contributed by atoms with Crippen molar-refractivity contribution in [3.63, 3.8) is 0 Å². The van der Waals surface area contributed by atoms with Gasteiger partial charge >= 0.3 is 19.8 Å². The molecule has 0 radical (unpaired) electrons. The van der Waals surface area contributed by atoms with Crippen LogP contribution in [0, 0.1) is 0 Å². The number of ether oxygens (including phenoxy) is 2. The third-order valence-electron chi connectivity index (χ3n) is 9.34. The largest absolute Gasteiger partial charge is 0.472 e. The molecule has 0 heterocycles. The highest BCUT2D eigenvalue weighted by atomic mass is 31.2. The van der Waals surface area contributed by atoms with Crippen molar-refractivity contribution >= 4 is 19.8 Å². The summed E-state index contributed by atoms with van der Waals surface area (Å²) in [6.45, 7) is 3.72. The molecule has 0 aromatic carbocycles. The van der Waals surface area contributed by atoms with Crippen molar-refractivity contribution in [2.45, 2.75) is 213 Å². The lowest BCUT2D eigenvalue weighted by Crippen LogP contribution is -2.29. The van der Waals surface area contributed by atoms with E-state index in [1.165, 1.54) is 122 Å². The highest BCUT2D eigenvalue weighted by molar-refractivity contribution is 7.47. The molecule has 3 N–H and O–H groups in total. The van der Waals surface area contributed by atoms with Crippen LogP contribution < -0.4 is 5.73 Å². The molecule has 2 atom stereocenters. The van der Waals surface area contributed by atoms with Gasteiger partial charge in [-0.3, -0.25) is 18.6 Å². The summed E-state index contributed by atoms with van der Waals surface area (Å²) in [5.74, 6) is -0.830. The number of nitrogens with two attached hydrogens (primary N) is 1. The predicted molar refractivity (Wildman–Crippen MR) is 220 cm³/mol. The zero-order chi connectivity index (χ0) is 38.9. The molecule has 0 bridgehead atoms. The summed E-state index contributed by atoms with van der Waals surface area (Å²) in [5.41, 5.74) is 5.35. The van der Waals surface area contributed by atoms with Crippen LogP contribution in [-0.2, 0) is 32.7 Å². The first-order valence-electron chi connectivity index (χ1n) is 21.8. The van der Waals surface area contributed by atoms with Crippen molar-refractivity contribution in [2.24, 2.45) is 5.73 Å². The highest BCUT2D eigenvalue weighted by Crippen LogP contribution is 2.43. The molecule has 0 aliphatic heterocycles. The maximum Gasteiger partial charge on any atom is 0.472 e. The summed E-state index contributed by atoms with van der Waals surface area (Å²) in [4.78, 5) is 34.9. The standard InChI is InChI=1S/C43H82NO8P/c1-3-5-7-9-11-13-15-17-19-20-22-24-26-28-30-32-34-36-43(46)52-41(40-51-53(47,48)50-38-37-44)39-49-42(45)35-33-31-29-27-25-23-21-18-16-14-12-10-8-6-4-2/h11,13,17,19,41H,3-10,12,14-16,18,20-40,44H2,1-2H3,(H,47,48)/b13-11-,19-17-/t41-/m1/s1. The number of esters is 2. The summed E-state index contributed by atoms with van der Waals surface area (Å²) >= 11 is 0. The number of phosphoric acid groups is 1. The lowest BCUT2D eigenvalue weighted by molar-refractivity contribution is -0.161. The van der Waals surface area contributed by atoms with E-state index < -0.39 is 26.5 Å². The minimum Gasteiger partial charge on any atom is -0.462 e. The van der Waals surface area contributed by atoms with E-state index in [-0.39, 0.29) is 38.6 Å². The second kappa shape index (κ2) is 40.2. The molecule has 0 amide bonds. The van der Waals surface area contributed by atoms with E-state index in [1.807, 2.05) is 0 Å². The molecule has 53 heavy (non-hydrogen) atoms. The lowest BCUT2D eigenvalue weighted by Gasteiger charge is -2.19. The molecule has 0 saturated carbocycles. The van der Waals surface area contributed by atoms with Gasteiger partial charge in [0.15, 0.2) is 6.10 Å². The fourth-order valence-corrected chi connectivity index (χ4v) is 6.84.